The normalized spacial score (nSPS) is 14.8. The fraction of sp³-hybridized carbons (Fsp3) is 0.188. The van der Waals surface area contributed by atoms with Gasteiger partial charge in [-0.3, -0.25) is 4.79 Å². The van der Waals surface area contributed by atoms with Crippen molar-refractivity contribution in [3.63, 3.8) is 0 Å². The van der Waals surface area contributed by atoms with E-state index >= 15 is 0 Å². The van der Waals surface area contributed by atoms with Crippen LogP contribution in [0.5, 0.6) is 0 Å². The van der Waals surface area contributed by atoms with Crippen LogP contribution in [0.25, 0.3) is 0 Å². The smallest absolute Gasteiger partial charge is 0.228 e. The Morgan fingerprint density at radius 1 is 1.19 bits per heavy atom. The SMILES string of the molecule is Cc1cc(C(N)c2cc3c(cc2Cl)NC(=O)C3)ccc1Cl. The van der Waals surface area contributed by atoms with Gasteiger partial charge in [-0.25, -0.2) is 0 Å². The summed E-state index contributed by atoms with van der Waals surface area (Å²) in [5.41, 5.74) is 10.8. The fourth-order valence-corrected chi connectivity index (χ4v) is 2.95. The number of carbonyl (C=O) groups is 1. The quantitative estimate of drug-likeness (QED) is 0.883. The lowest BCUT2D eigenvalue weighted by molar-refractivity contribution is -0.115. The number of nitrogens with two attached hydrogens (primary N) is 1. The summed E-state index contributed by atoms with van der Waals surface area (Å²) < 4.78 is 0. The topological polar surface area (TPSA) is 55.1 Å². The highest BCUT2D eigenvalue weighted by Crippen LogP contribution is 2.34. The molecular weight excluding hydrogens is 307 g/mol. The zero-order valence-corrected chi connectivity index (χ0v) is 12.9. The first-order valence-electron chi connectivity index (χ1n) is 6.59. The van der Waals surface area contributed by atoms with Gasteiger partial charge in [-0.2, -0.15) is 0 Å². The van der Waals surface area contributed by atoms with Crippen molar-refractivity contribution in [3.05, 3.63) is 62.6 Å². The van der Waals surface area contributed by atoms with Gasteiger partial charge in [0.1, 0.15) is 0 Å². The number of fused-ring (bicyclic) bond motifs is 1. The third-order valence-electron chi connectivity index (χ3n) is 3.72. The van der Waals surface area contributed by atoms with E-state index in [-0.39, 0.29) is 11.9 Å². The zero-order chi connectivity index (χ0) is 15.1. The minimum absolute atomic E-state index is 0.0193. The third-order valence-corrected chi connectivity index (χ3v) is 4.48. The number of hydrogen-bond donors (Lipinski definition) is 2. The van der Waals surface area contributed by atoms with Gasteiger partial charge in [-0.15, -0.1) is 0 Å². The predicted octanol–water partition coefficient (Wildman–Crippen LogP) is 3.84. The summed E-state index contributed by atoms with van der Waals surface area (Å²) in [6, 6.07) is 9.00. The molecule has 3 nitrogen and oxygen atoms in total. The average molecular weight is 321 g/mol. The van der Waals surface area contributed by atoms with Gasteiger partial charge in [-0.05, 0) is 47.4 Å². The number of carbonyl (C=O) groups excluding carboxylic acids is 1. The van der Waals surface area contributed by atoms with Crippen molar-refractivity contribution in [2.24, 2.45) is 5.73 Å². The molecule has 1 aliphatic heterocycles. The number of benzene rings is 2. The molecule has 3 rings (SSSR count). The molecule has 0 radical (unpaired) electrons. The van der Waals surface area contributed by atoms with Crippen molar-refractivity contribution in [1.82, 2.24) is 0 Å². The second-order valence-electron chi connectivity index (χ2n) is 5.24. The maximum atomic E-state index is 11.4. The van der Waals surface area contributed by atoms with E-state index in [2.05, 4.69) is 5.32 Å². The van der Waals surface area contributed by atoms with Crippen LogP contribution in [-0.2, 0) is 11.2 Å². The van der Waals surface area contributed by atoms with Crippen LogP contribution in [0, 0.1) is 6.92 Å². The molecule has 21 heavy (non-hydrogen) atoms. The van der Waals surface area contributed by atoms with E-state index in [1.54, 1.807) is 6.07 Å². The van der Waals surface area contributed by atoms with E-state index in [9.17, 15) is 4.79 Å². The second kappa shape index (κ2) is 5.34. The van der Waals surface area contributed by atoms with E-state index < -0.39 is 0 Å². The first-order valence-corrected chi connectivity index (χ1v) is 7.35. The highest BCUT2D eigenvalue weighted by molar-refractivity contribution is 6.32. The summed E-state index contributed by atoms with van der Waals surface area (Å²) in [4.78, 5) is 11.4. The van der Waals surface area contributed by atoms with E-state index in [0.717, 1.165) is 27.9 Å². The van der Waals surface area contributed by atoms with Crippen LogP contribution in [0.4, 0.5) is 5.69 Å². The Hall–Kier alpha value is -1.55. The Morgan fingerprint density at radius 3 is 2.67 bits per heavy atom. The van der Waals surface area contributed by atoms with Gasteiger partial charge < -0.3 is 11.1 Å². The van der Waals surface area contributed by atoms with Crippen LogP contribution in [0.3, 0.4) is 0 Å². The molecule has 0 saturated carbocycles. The van der Waals surface area contributed by atoms with Gasteiger partial charge in [0.05, 0.1) is 12.5 Å². The van der Waals surface area contributed by atoms with E-state index in [4.69, 9.17) is 28.9 Å². The Labute approximate surface area is 133 Å². The molecule has 108 valence electrons. The highest BCUT2D eigenvalue weighted by atomic mass is 35.5. The van der Waals surface area contributed by atoms with Gasteiger partial charge in [0.2, 0.25) is 5.91 Å². The molecule has 0 bridgehead atoms. The first-order chi connectivity index (χ1) is 9.95. The zero-order valence-electron chi connectivity index (χ0n) is 11.4. The molecule has 2 aromatic carbocycles. The van der Waals surface area contributed by atoms with Crippen molar-refractivity contribution >= 4 is 34.8 Å². The summed E-state index contributed by atoms with van der Waals surface area (Å²) in [6.45, 7) is 1.94. The highest BCUT2D eigenvalue weighted by Gasteiger charge is 2.22. The van der Waals surface area contributed by atoms with Crippen LogP contribution >= 0.6 is 23.2 Å². The Balaban J connectivity index is 2.02. The van der Waals surface area contributed by atoms with E-state index in [1.165, 1.54) is 0 Å². The molecule has 1 amide bonds. The number of nitrogens with one attached hydrogen (secondary N) is 1. The standard InChI is InChI=1S/C16H14Cl2N2O/c1-8-4-9(2-3-12(8)17)16(19)11-5-10-6-15(21)20-14(10)7-13(11)18/h2-5,7,16H,6,19H2,1H3,(H,20,21). The number of aryl methyl sites for hydroxylation is 1. The molecule has 3 N–H and O–H groups in total. The van der Waals surface area contributed by atoms with Gasteiger partial charge in [0, 0.05) is 15.7 Å². The minimum atomic E-state index is -0.352. The van der Waals surface area contributed by atoms with Crippen LogP contribution in [0.1, 0.15) is 28.3 Å². The molecule has 1 heterocycles. The van der Waals surface area contributed by atoms with Crippen LogP contribution < -0.4 is 11.1 Å². The van der Waals surface area contributed by atoms with Crippen molar-refractivity contribution in [1.29, 1.82) is 0 Å². The number of anilines is 1. The van der Waals surface area contributed by atoms with E-state index in [1.807, 2.05) is 31.2 Å². The maximum Gasteiger partial charge on any atom is 0.228 e. The Morgan fingerprint density at radius 2 is 1.95 bits per heavy atom. The molecule has 0 spiro atoms. The molecule has 2 aromatic rings. The third kappa shape index (κ3) is 2.64. The van der Waals surface area contributed by atoms with Gasteiger partial charge in [0.15, 0.2) is 0 Å². The van der Waals surface area contributed by atoms with Gasteiger partial charge in [0.25, 0.3) is 0 Å². The molecule has 5 heteroatoms. The molecule has 0 saturated heterocycles. The molecule has 1 aliphatic rings. The molecule has 0 fully saturated rings. The monoisotopic (exact) mass is 320 g/mol. The number of halogens is 2. The summed E-state index contributed by atoms with van der Waals surface area (Å²) in [5.74, 6) is -0.0193. The van der Waals surface area contributed by atoms with Crippen LogP contribution in [0.2, 0.25) is 10.0 Å². The lowest BCUT2D eigenvalue weighted by Gasteiger charge is -2.16. The van der Waals surface area contributed by atoms with Crippen LogP contribution in [0.15, 0.2) is 30.3 Å². The van der Waals surface area contributed by atoms with Crippen LogP contribution in [-0.4, -0.2) is 5.91 Å². The lowest BCUT2D eigenvalue weighted by atomic mass is 9.96. The lowest BCUT2D eigenvalue weighted by Crippen LogP contribution is -2.13. The summed E-state index contributed by atoms with van der Waals surface area (Å²) >= 11 is 12.4. The van der Waals surface area contributed by atoms with Gasteiger partial charge in [-0.1, -0.05) is 35.3 Å². The number of hydrogen-bond acceptors (Lipinski definition) is 2. The number of rotatable bonds is 2. The largest absolute Gasteiger partial charge is 0.325 e. The summed E-state index contributed by atoms with van der Waals surface area (Å²) in [6.07, 6.45) is 0.367. The van der Waals surface area contributed by atoms with E-state index in [0.29, 0.717) is 16.5 Å². The maximum absolute atomic E-state index is 11.4. The fourth-order valence-electron chi connectivity index (χ4n) is 2.55. The summed E-state index contributed by atoms with van der Waals surface area (Å²) in [5, 5.41) is 4.04. The summed E-state index contributed by atoms with van der Waals surface area (Å²) in [7, 11) is 0. The molecule has 1 unspecified atom stereocenters. The van der Waals surface area contributed by atoms with Crippen molar-refractivity contribution in [2.75, 3.05) is 5.32 Å². The Bertz CT molecular complexity index is 743. The van der Waals surface area contributed by atoms with Crippen molar-refractivity contribution in [3.8, 4) is 0 Å². The molecule has 0 aliphatic carbocycles. The average Bonchev–Trinajstić information content (AvgIpc) is 2.79. The molecular formula is C16H14Cl2N2O. The number of amides is 1. The second-order valence-corrected chi connectivity index (χ2v) is 6.06. The molecule has 1 atom stereocenters. The van der Waals surface area contributed by atoms with Gasteiger partial charge >= 0.3 is 0 Å². The first kappa shape index (κ1) is 14.4. The van der Waals surface area contributed by atoms with Crippen molar-refractivity contribution in [2.45, 2.75) is 19.4 Å². The Kier molecular flexibility index (Phi) is 3.66. The minimum Gasteiger partial charge on any atom is -0.325 e. The van der Waals surface area contributed by atoms with Crippen molar-refractivity contribution < 1.29 is 4.79 Å². The predicted molar refractivity (Wildman–Crippen MR) is 86.0 cm³/mol. The molecule has 0 aromatic heterocycles.